The van der Waals surface area contributed by atoms with Gasteiger partial charge in [-0.05, 0) is 0 Å². The van der Waals surface area contributed by atoms with Crippen LogP contribution in [0.15, 0.2) is 12.7 Å². The van der Waals surface area contributed by atoms with Gasteiger partial charge in [0, 0.05) is 12.8 Å². The van der Waals surface area contributed by atoms with Crippen molar-refractivity contribution < 1.29 is 0 Å². The molecule has 1 aliphatic heterocycles. The van der Waals surface area contributed by atoms with Crippen LogP contribution in [-0.2, 0) is 0 Å². The lowest BCUT2D eigenvalue weighted by atomic mass is 10.8. The highest BCUT2D eigenvalue weighted by Gasteiger charge is 2.03. The molecule has 0 atom stereocenters. The largest absolute Gasteiger partial charge is 0.374 e. The first-order chi connectivity index (χ1) is 6.20. The average molecular weight is 252 g/mol. The minimum absolute atomic E-state index is 0.824. The molecule has 6 heteroatoms. The van der Waals surface area contributed by atoms with Crippen molar-refractivity contribution in [1.29, 1.82) is 0 Å². The zero-order chi connectivity index (χ0) is 10.1. The van der Waals surface area contributed by atoms with Gasteiger partial charge in [-0.25, -0.2) is 0 Å². The zero-order valence-corrected chi connectivity index (χ0v) is 10.6. The molecule has 0 unspecified atom stereocenters. The molecular weight excluding hydrogens is 240 g/mol. The second-order valence-electron chi connectivity index (χ2n) is 1.89. The van der Waals surface area contributed by atoms with Gasteiger partial charge in [-0.3, -0.25) is 0 Å². The first-order valence-electron chi connectivity index (χ1n) is 3.56. The molecule has 0 amide bonds. The lowest BCUT2D eigenvalue weighted by molar-refractivity contribution is 1.15. The predicted octanol–water partition coefficient (Wildman–Crippen LogP) is 1.98. The van der Waals surface area contributed by atoms with E-state index in [1.165, 1.54) is 0 Å². The third-order valence-electron chi connectivity index (χ3n) is 0.956. The molecule has 0 aromatic rings. The van der Waals surface area contributed by atoms with Gasteiger partial charge in [0.15, 0.2) is 0 Å². The molecule has 0 aromatic heterocycles. The Morgan fingerprint density at radius 1 is 1.92 bits per heavy atom. The summed E-state index contributed by atoms with van der Waals surface area (Å²) >= 11 is 12.7. The SMILES string of the molecule is C=CCSC(=S)NC.S=C1NCS1. The maximum absolute atomic E-state index is 4.82. The van der Waals surface area contributed by atoms with Gasteiger partial charge in [-0.15, -0.1) is 6.58 Å². The standard InChI is InChI=1S/C5H9NS2.C2H3NS2/c1-3-4-8-5(7)6-2;4-2-3-1-5-2/h3H,1,4H2,2H3,(H,6,7);1H2,(H,3,4). The van der Waals surface area contributed by atoms with Crippen LogP contribution in [0.4, 0.5) is 0 Å². The normalized spacial score (nSPS) is 12.8. The van der Waals surface area contributed by atoms with Gasteiger partial charge in [-0.2, -0.15) is 0 Å². The fourth-order valence-electron chi connectivity index (χ4n) is 0.338. The molecule has 1 saturated heterocycles. The predicted molar refractivity (Wildman–Crippen MR) is 72.5 cm³/mol. The second-order valence-corrected chi connectivity index (χ2v) is 5.24. The molecular formula is C7H12N2S4. The van der Waals surface area contributed by atoms with Gasteiger partial charge in [0.1, 0.15) is 8.64 Å². The van der Waals surface area contributed by atoms with Crippen molar-refractivity contribution in [2.45, 2.75) is 0 Å². The summed E-state index contributed by atoms with van der Waals surface area (Å²) in [5.41, 5.74) is 0. The Morgan fingerprint density at radius 3 is 2.69 bits per heavy atom. The molecule has 0 aromatic carbocycles. The molecule has 1 rings (SSSR count). The highest BCUT2D eigenvalue weighted by Crippen LogP contribution is 2.07. The van der Waals surface area contributed by atoms with Crippen molar-refractivity contribution in [3.63, 3.8) is 0 Å². The second kappa shape index (κ2) is 8.80. The first kappa shape index (κ1) is 13.2. The van der Waals surface area contributed by atoms with E-state index >= 15 is 0 Å². The number of thiocarbonyl (C=S) groups is 2. The molecule has 0 spiro atoms. The number of hydrogen-bond acceptors (Lipinski definition) is 4. The van der Waals surface area contributed by atoms with Crippen LogP contribution in [0.5, 0.6) is 0 Å². The van der Waals surface area contributed by atoms with Gasteiger partial charge < -0.3 is 10.6 Å². The summed E-state index contributed by atoms with van der Waals surface area (Å²) in [7, 11) is 1.82. The lowest BCUT2D eigenvalue weighted by Crippen LogP contribution is -2.28. The van der Waals surface area contributed by atoms with E-state index in [9.17, 15) is 0 Å². The summed E-state index contributed by atoms with van der Waals surface area (Å²) < 4.78 is 1.76. The number of nitrogens with one attached hydrogen (secondary N) is 2. The Labute approximate surface area is 98.3 Å². The van der Waals surface area contributed by atoms with Gasteiger partial charge in [0.2, 0.25) is 0 Å². The van der Waals surface area contributed by atoms with Gasteiger partial charge in [-0.1, -0.05) is 54.0 Å². The molecule has 0 bridgehead atoms. The molecule has 1 aliphatic rings. The monoisotopic (exact) mass is 252 g/mol. The highest BCUT2D eigenvalue weighted by atomic mass is 32.2. The van der Waals surface area contributed by atoms with Gasteiger partial charge in [0.25, 0.3) is 0 Å². The van der Waals surface area contributed by atoms with E-state index < -0.39 is 0 Å². The summed E-state index contributed by atoms with van der Waals surface area (Å²) in [6.45, 7) is 3.56. The van der Waals surface area contributed by atoms with E-state index in [1.54, 1.807) is 23.5 Å². The van der Waals surface area contributed by atoms with Crippen molar-refractivity contribution in [2.75, 3.05) is 18.7 Å². The van der Waals surface area contributed by atoms with E-state index in [-0.39, 0.29) is 0 Å². The number of thioether (sulfide) groups is 2. The van der Waals surface area contributed by atoms with Crippen LogP contribution in [0.3, 0.4) is 0 Å². The minimum atomic E-state index is 0.824. The Hall–Kier alpha value is 0.220. The van der Waals surface area contributed by atoms with Crippen molar-refractivity contribution in [2.24, 2.45) is 0 Å². The van der Waals surface area contributed by atoms with E-state index in [4.69, 9.17) is 12.2 Å². The van der Waals surface area contributed by atoms with Crippen LogP contribution in [-0.4, -0.2) is 27.3 Å². The van der Waals surface area contributed by atoms with E-state index in [0.29, 0.717) is 0 Å². The van der Waals surface area contributed by atoms with Crippen LogP contribution in [0.25, 0.3) is 0 Å². The molecule has 1 heterocycles. The Kier molecular flexibility index (Phi) is 8.95. The highest BCUT2D eigenvalue weighted by molar-refractivity contribution is 8.24. The van der Waals surface area contributed by atoms with Crippen molar-refractivity contribution >= 4 is 56.6 Å². The summed E-state index contributed by atoms with van der Waals surface area (Å²) in [6, 6.07) is 0. The van der Waals surface area contributed by atoms with Crippen LogP contribution in [0, 0.1) is 0 Å². The maximum Gasteiger partial charge on any atom is 0.136 e. The fraction of sp³-hybridized carbons (Fsp3) is 0.429. The minimum Gasteiger partial charge on any atom is -0.374 e. The van der Waals surface area contributed by atoms with Crippen LogP contribution >= 0.6 is 48.0 Å². The summed E-state index contributed by atoms with van der Waals surface area (Å²) in [4.78, 5) is 0. The zero-order valence-electron chi connectivity index (χ0n) is 7.33. The van der Waals surface area contributed by atoms with Gasteiger partial charge >= 0.3 is 0 Å². The van der Waals surface area contributed by atoms with Gasteiger partial charge in [0.05, 0.1) is 5.88 Å². The third kappa shape index (κ3) is 8.55. The molecule has 0 saturated carbocycles. The first-order valence-corrected chi connectivity index (χ1v) is 6.35. The Balaban J connectivity index is 0.000000243. The van der Waals surface area contributed by atoms with Crippen molar-refractivity contribution in [3.05, 3.63) is 12.7 Å². The molecule has 2 nitrogen and oxygen atoms in total. The topological polar surface area (TPSA) is 24.1 Å². The molecule has 13 heavy (non-hydrogen) atoms. The molecule has 2 N–H and O–H groups in total. The van der Waals surface area contributed by atoms with Crippen LogP contribution in [0.1, 0.15) is 0 Å². The molecule has 74 valence electrons. The van der Waals surface area contributed by atoms with Crippen molar-refractivity contribution in [1.82, 2.24) is 10.6 Å². The van der Waals surface area contributed by atoms with E-state index in [2.05, 4.69) is 29.4 Å². The third-order valence-corrected chi connectivity index (χ3v) is 3.58. The van der Waals surface area contributed by atoms with Crippen LogP contribution in [0.2, 0.25) is 0 Å². The van der Waals surface area contributed by atoms with E-state index in [1.807, 2.05) is 13.1 Å². The van der Waals surface area contributed by atoms with E-state index in [0.717, 1.165) is 20.3 Å². The Bertz CT molecular complexity index is 187. The smallest absolute Gasteiger partial charge is 0.136 e. The summed E-state index contributed by atoms with van der Waals surface area (Å²) in [5, 5.41) is 5.75. The number of hydrogen-bond donors (Lipinski definition) is 2. The number of rotatable bonds is 2. The fourth-order valence-corrected chi connectivity index (χ4v) is 1.57. The van der Waals surface area contributed by atoms with Crippen molar-refractivity contribution in [3.8, 4) is 0 Å². The summed E-state index contributed by atoms with van der Waals surface area (Å²) in [6.07, 6.45) is 1.83. The maximum atomic E-state index is 4.82. The lowest BCUT2D eigenvalue weighted by Gasteiger charge is -2.13. The molecule has 1 fully saturated rings. The summed E-state index contributed by atoms with van der Waals surface area (Å²) in [5.74, 6) is 1.90. The average Bonchev–Trinajstić information content (AvgIpc) is 2.11. The molecule has 0 radical (unpaired) electrons. The quantitative estimate of drug-likeness (QED) is 0.576. The molecule has 0 aliphatic carbocycles. The Morgan fingerprint density at radius 2 is 2.46 bits per heavy atom. The van der Waals surface area contributed by atoms with Crippen LogP contribution < -0.4 is 10.6 Å².